The van der Waals surface area contributed by atoms with Gasteiger partial charge in [-0.2, -0.15) is 0 Å². The molecule has 0 radical (unpaired) electrons. The molecular formula is C37H24N2O. The quantitative estimate of drug-likeness (QED) is 0.220. The van der Waals surface area contributed by atoms with Gasteiger partial charge in [0.1, 0.15) is 5.58 Å². The van der Waals surface area contributed by atoms with Crippen LogP contribution < -0.4 is 4.90 Å². The summed E-state index contributed by atoms with van der Waals surface area (Å²) < 4.78 is 6.08. The number of rotatable bonds is 4. The molecule has 6 aromatic carbocycles. The molecule has 0 aliphatic carbocycles. The fourth-order valence-corrected chi connectivity index (χ4v) is 5.78. The second-order valence-electron chi connectivity index (χ2n) is 10.1. The minimum absolute atomic E-state index is 0.797. The monoisotopic (exact) mass is 512 g/mol. The number of hydrogen-bond donors (Lipinski definition) is 0. The number of fused-ring (bicyclic) bond motifs is 6. The summed E-state index contributed by atoms with van der Waals surface area (Å²) in [5, 5.41) is 7.13. The Morgan fingerprint density at radius 2 is 1.15 bits per heavy atom. The van der Waals surface area contributed by atoms with Crippen molar-refractivity contribution in [1.29, 1.82) is 0 Å². The summed E-state index contributed by atoms with van der Waals surface area (Å²) in [5.74, 6) is 0. The van der Waals surface area contributed by atoms with E-state index in [1.165, 1.54) is 32.7 Å². The van der Waals surface area contributed by atoms with E-state index in [2.05, 4.69) is 131 Å². The van der Waals surface area contributed by atoms with Gasteiger partial charge in [0.2, 0.25) is 0 Å². The molecule has 3 heteroatoms. The molecule has 0 fully saturated rings. The van der Waals surface area contributed by atoms with E-state index in [4.69, 9.17) is 4.42 Å². The molecule has 0 spiro atoms. The van der Waals surface area contributed by atoms with E-state index in [0.29, 0.717) is 0 Å². The van der Waals surface area contributed by atoms with Crippen LogP contribution in [0.3, 0.4) is 0 Å². The number of benzene rings is 6. The smallest absolute Gasteiger partial charge is 0.153 e. The summed E-state index contributed by atoms with van der Waals surface area (Å²) in [7, 11) is 0. The van der Waals surface area contributed by atoms with E-state index in [1.54, 1.807) is 6.20 Å². The second-order valence-corrected chi connectivity index (χ2v) is 10.1. The second kappa shape index (κ2) is 9.11. The van der Waals surface area contributed by atoms with Crippen LogP contribution in [0.5, 0.6) is 0 Å². The van der Waals surface area contributed by atoms with Gasteiger partial charge in [0, 0.05) is 34.0 Å². The van der Waals surface area contributed by atoms with Crippen molar-refractivity contribution in [3.8, 4) is 11.1 Å². The summed E-state index contributed by atoms with van der Waals surface area (Å²) in [6.45, 7) is 0. The minimum atomic E-state index is 0.797. The van der Waals surface area contributed by atoms with Crippen LogP contribution in [0.15, 0.2) is 150 Å². The lowest BCUT2D eigenvalue weighted by molar-refractivity contribution is 0.667. The minimum Gasteiger partial charge on any atom is -0.454 e. The van der Waals surface area contributed by atoms with Crippen molar-refractivity contribution < 1.29 is 4.42 Å². The fraction of sp³-hybridized carbons (Fsp3) is 0. The molecule has 0 atom stereocenters. The first-order chi connectivity index (χ1) is 19.8. The Balaban J connectivity index is 1.32. The van der Waals surface area contributed by atoms with Gasteiger partial charge in [0.25, 0.3) is 0 Å². The zero-order valence-electron chi connectivity index (χ0n) is 21.7. The molecular weight excluding hydrogens is 488 g/mol. The van der Waals surface area contributed by atoms with E-state index in [9.17, 15) is 0 Å². The molecule has 40 heavy (non-hydrogen) atoms. The van der Waals surface area contributed by atoms with Crippen LogP contribution in [0, 0.1) is 0 Å². The highest BCUT2D eigenvalue weighted by Gasteiger charge is 2.16. The molecule has 2 heterocycles. The van der Waals surface area contributed by atoms with Crippen molar-refractivity contribution in [2.24, 2.45) is 0 Å². The Labute approximate surface area is 231 Å². The summed E-state index contributed by atoms with van der Waals surface area (Å²) in [6.07, 6.45) is 3.60. The zero-order valence-corrected chi connectivity index (χ0v) is 21.7. The van der Waals surface area contributed by atoms with Crippen molar-refractivity contribution in [3.05, 3.63) is 146 Å². The van der Waals surface area contributed by atoms with Crippen LogP contribution in [-0.4, -0.2) is 4.98 Å². The standard InChI is InChI=1S/C37H24N2O/c1-2-6-25(7-3-1)26-12-14-29(15-13-26)39(31-17-19-36-35(23-31)34-20-21-38-24-37(34)40-36)30-16-18-33-28(22-30)11-10-27-8-4-5-9-32(27)33/h1-24H. The molecule has 3 nitrogen and oxygen atoms in total. The average Bonchev–Trinajstić information content (AvgIpc) is 3.40. The number of pyridine rings is 1. The first-order valence-corrected chi connectivity index (χ1v) is 13.5. The van der Waals surface area contributed by atoms with E-state index < -0.39 is 0 Å². The lowest BCUT2D eigenvalue weighted by atomic mass is 10.0. The molecule has 2 aromatic heterocycles. The first kappa shape index (κ1) is 22.6. The Bertz CT molecular complexity index is 2160. The molecule has 0 aliphatic heterocycles. The molecule has 0 aliphatic rings. The van der Waals surface area contributed by atoms with E-state index in [0.717, 1.165) is 39.0 Å². The van der Waals surface area contributed by atoms with Crippen molar-refractivity contribution in [1.82, 2.24) is 4.98 Å². The van der Waals surface area contributed by atoms with Crippen molar-refractivity contribution in [3.63, 3.8) is 0 Å². The first-order valence-electron chi connectivity index (χ1n) is 13.5. The number of hydrogen-bond acceptors (Lipinski definition) is 3. The summed E-state index contributed by atoms with van der Waals surface area (Å²) in [6, 6.07) is 47.5. The number of aromatic nitrogens is 1. The van der Waals surface area contributed by atoms with E-state index >= 15 is 0 Å². The van der Waals surface area contributed by atoms with Gasteiger partial charge in [-0.1, -0.05) is 84.9 Å². The molecule has 0 saturated carbocycles. The van der Waals surface area contributed by atoms with Gasteiger partial charge in [0.15, 0.2) is 5.58 Å². The Hall–Kier alpha value is -5.41. The van der Waals surface area contributed by atoms with Gasteiger partial charge < -0.3 is 9.32 Å². The molecule has 0 unspecified atom stereocenters. The maximum atomic E-state index is 6.08. The van der Waals surface area contributed by atoms with Gasteiger partial charge in [-0.25, -0.2) is 0 Å². The van der Waals surface area contributed by atoms with Crippen LogP contribution in [0.1, 0.15) is 0 Å². The van der Waals surface area contributed by atoms with E-state index in [1.807, 2.05) is 18.3 Å². The molecule has 0 amide bonds. The topological polar surface area (TPSA) is 29.3 Å². The van der Waals surface area contributed by atoms with Gasteiger partial charge in [0.05, 0.1) is 6.20 Å². The molecule has 8 rings (SSSR count). The highest BCUT2D eigenvalue weighted by molar-refractivity contribution is 6.09. The number of nitrogens with zero attached hydrogens (tertiary/aromatic N) is 2. The normalized spacial score (nSPS) is 11.5. The Kier molecular flexibility index (Phi) is 5.14. The largest absolute Gasteiger partial charge is 0.454 e. The molecule has 8 aromatic rings. The van der Waals surface area contributed by atoms with Crippen LogP contribution in [0.2, 0.25) is 0 Å². The Morgan fingerprint density at radius 1 is 0.450 bits per heavy atom. The van der Waals surface area contributed by atoms with Crippen molar-refractivity contribution >= 4 is 60.5 Å². The van der Waals surface area contributed by atoms with Crippen molar-refractivity contribution in [2.75, 3.05) is 4.90 Å². The van der Waals surface area contributed by atoms with Gasteiger partial charge in [-0.3, -0.25) is 4.98 Å². The van der Waals surface area contributed by atoms with Crippen LogP contribution in [0.4, 0.5) is 17.1 Å². The van der Waals surface area contributed by atoms with Crippen LogP contribution >= 0.6 is 0 Å². The predicted octanol–water partition coefficient (Wildman–Crippen LogP) is 10.4. The molecule has 0 bridgehead atoms. The molecule has 0 N–H and O–H groups in total. The zero-order chi connectivity index (χ0) is 26.5. The number of furan rings is 1. The van der Waals surface area contributed by atoms with Crippen LogP contribution in [0.25, 0.3) is 54.6 Å². The highest BCUT2D eigenvalue weighted by atomic mass is 16.3. The Morgan fingerprint density at radius 3 is 2.05 bits per heavy atom. The third-order valence-corrected chi connectivity index (χ3v) is 7.74. The number of anilines is 3. The average molecular weight is 513 g/mol. The van der Waals surface area contributed by atoms with Gasteiger partial charge >= 0.3 is 0 Å². The SMILES string of the molecule is c1ccc(-c2ccc(N(c3ccc4c(ccc5ccccc54)c3)c3ccc4oc5cnccc5c4c3)cc2)cc1. The van der Waals surface area contributed by atoms with Crippen molar-refractivity contribution in [2.45, 2.75) is 0 Å². The van der Waals surface area contributed by atoms with E-state index in [-0.39, 0.29) is 0 Å². The van der Waals surface area contributed by atoms with Gasteiger partial charge in [-0.15, -0.1) is 0 Å². The lowest BCUT2D eigenvalue weighted by Gasteiger charge is -2.26. The third kappa shape index (κ3) is 3.71. The maximum absolute atomic E-state index is 6.08. The predicted molar refractivity (Wildman–Crippen MR) is 167 cm³/mol. The van der Waals surface area contributed by atoms with Crippen LogP contribution in [-0.2, 0) is 0 Å². The lowest BCUT2D eigenvalue weighted by Crippen LogP contribution is -2.09. The maximum Gasteiger partial charge on any atom is 0.153 e. The molecule has 0 saturated heterocycles. The summed E-state index contributed by atoms with van der Waals surface area (Å²) in [5.41, 5.74) is 7.32. The van der Waals surface area contributed by atoms with Gasteiger partial charge in [-0.05, 0) is 81.2 Å². The fourth-order valence-electron chi connectivity index (χ4n) is 5.78. The third-order valence-electron chi connectivity index (χ3n) is 7.74. The molecule has 188 valence electrons. The summed E-state index contributed by atoms with van der Waals surface area (Å²) in [4.78, 5) is 6.56. The summed E-state index contributed by atoms with van der Waals surface area (Å²) >= 11 is 0. The highest BCUT2D eigenvalue weighted by Crippen LogP contribution is 2.40.